The van der Waals surface area contributed by atoms with E-state index in [2.05, 4.69) is 6.92 Å². The second-order valence-corrected chi connectivity index (χ2v) is 6.94. The number of methoxy groups -OCH3 is 1. The third-order valence-electron chi connectivity index (χ3n) is 4.50. The van der Waals surface area contributed by atoms with E-state index in [1.165, 1.54) is 12.0 Å². The fourth-order valence-electron chi connectivity index (χ4n) is 2.79. The van der Waals surface area contributed by atoms with Crippen molar-refractivity contribution in [3.8, 4) is 11.5 Å². The number of aliphatic carboxylic acids is 1. The molecule has 1 aromatic carbocycles. The SMILES string of the molecule is CCCCOc1c(Cl)cc(C(=O)N2CCC(C)(C(=O)O)C2)cc1OC. The molecule has 25 heavy (non-hydrogen) atoms. The van der Waals surface area contributed by atoms with Crippen molar-refractivity contribution in [1.29, 1.82) is 0 Å². The van der Waals surface area contributed by atoms with E-state index in [1.54, 1.807) is 19.1 Å². The van der Waals surface area contributed by atoms with Gasteiger partial charge < -0.3 is 19.5 Å². The molecule has 0 aromatic heterocycles. The van der Waals surface area contributed by atoms with Gasteiger partial charge >= 0.3 is 5.97 Å². The molecular formula is C18H24ClNO5. The highest BCUT2D eigenvalue weighted by Crippen LogP contribution is 2.38. The molecule has 0 radical (unpaired) electrons. The van der Waals surface area contributed by atoms with E-state index in [9.17, 15) is 14.7 Å². The summed E-state index contributed by atoms with van der Waals surface area (Å²) in [5, 5.41) is 9.62. The minimum absolute atomic E-state index is 0.176. The number of carbonyl (C=O) groups excluding carboxylic acids is 1. The van der Waals surface area contributed by atoms with E-state index < -0.39 is 11.4 Å². The van der Waals surface area contributed by atoms with Gasteiger partial charge in [0, 0.05) is 18.7 Å². The molecule has 0 bridgehead atoms. The van der Waals surface area contributed by atoms with Crippen LogP contribution in [0.15, 0.2) is 12.1 Å². The number of unbranched alkanes of at least 4 members (excludes halogenated alkanes) is 1. The molecule has 7 heteroatoms. The number of benzene rings is 1. The van der Waals surface area contributed by atoms with E-state index in [0.717, 1.165) is 12.8 Å². The Morgan fingerprint density at radius 2 is 2.12 bits per heavy atom. The zero-order valence-corrected chi connectivity index (χ0v) is 15.6. The van der Waals surface area contributed by atoms with E-state index in [4.69, 9.17) is 21.1 Å². The molecule has 138 valence electrons. The van der Waals surface area contributed by atoms with Gasteiger partial charge in [0.15, 0.2) is 11.5 Å². The Morgan fingerprint density at radius 1 is 1.40 bits per heavy atom. The molecule has 1 heterocycles. The maximum Gasteiger partial charge on any atom is 0.311 e. The van der Waals surface area contributed by atoms with E-state index in [1.807, 2.05) is 0 Å². The predicted octanol–water partition coefficient (Wildman–Crippen LogP) is 3.46. The Balaban J connectivity index is 2.21. The zero-order valence-electron chi connectivity index (χ0n) is 14.8. The number of nitrogens with zero attached hydrogens (tertiary/aromatic N) is 1. The number of ether oxygens (including phenoxy) is 2. The van der Waals surface area contributed by atoms with Crippen LogP contribution in [0.4, 0.5) is 0 Å². The van der Waals surface area contributed by atoms with E-state index in [0.29, 0.717) is 41.7 Å². The quantitative estimate of drug-likeness (QED) is 0.745. The number of likely N-dealkylation sites (tertiary alicyclic amines) is 1. The lowest BCUT2D eigenvalue weighted by molar-refractivity contribution is -0.147. The number of carboxylic acids is 1. The van der Waals surface area contributed by atoms with E-state index in [-0.39, 0.29) is 12.5 Å². The Bertz CT molecular complexity index is 663. The number of amides is 1. The standard InChI is InChI=1S/C18H24ClNO5/c1-4-5-8-25-15-13(19)9-12(10-14(15)24-3)16(21)20-7-6-18(2,11-20)17(22)23/h9-10H,4-8,11H2,1-3H3,(H,22,23). The highest BCUT2D eigenvalue weighted by atomic mass is 35.5. The Hall–Kier alpha value is -1.95. The van der Waals surface area contributed by atoms with Crippen molar-refractivity contribution in [3.63, 3.8) is 0 Å². The summed E-state index contributed by atoms with van der Waals surface area (Å²) in [6.45, 7) is 4.81. The predicted molar refractivity (Wildman–Crippen MR) is 94.7 cm³/mol. The average molecular weight is 370 g/mol. The number of hydrogen-bond acceptors (Lipinski definition) is 4. The summed E-state index contributed by atoms with van der Waals surface area (Å²) >= 11 is 6.28. The van der Waals surface area contributed by atoms with Gasteiger partial charge in [-0.15, -0.1) is 0 Å². The van der Waals surface area contributed by atoms with Crippen LogP contribution in [0.1, 0.15) is 43.5 Å². The van der Waals surface area contributed by atoms with Gasteiger partial charge in [-0.25, -0.2) is 0 Å². The lowest BCUT2D eigenvalue weighted by atomic mass is 9.90. The lowest BCUT2D eigenvalue weighted by Gasteiger charge is -2.21. The van der Waals surface area contributed by atoms with Crippen LogP contribution in [0, 0.1) is 5.41 Å². The van der Waals surface area contributed by atoms with Gasteiger partial charge in [0.25, 0.3) is 5.91 Å². The number of carboxylic acid groups (broad SMARTS) is 1. The highest BCUT2D eigenvalue weighted by molar-refractivity contribution is 6.32. The molecule has 1 aliphatic rings. The van der Waals surface area contributed by atoms with Crippen molar-refractivity contribution >= 4 is 23.5 Å². The van der Waals surface area contributed by atoms with Crippen LogP contribution < -0.4 is 9.47 Å². The number of carbonyl (C=O) groups is 2. The molecule has 1 aliphatic heterocycles. The maximum absolute atomic E-state index is 12.7. The smallest absolute Gasteiger partial charge is 0.311 e. The van der Waals surface area contributed by atoms with Crippen LogP contribution in [0.25, 0.3) is 0 Å². The van der Waals surface area contributed by atoms with Gasteiger partial charge in [-0.1, -0.05) is 24.9 Å². The number of rotatable bonds is 7. The van der Waals surface area contributed by atoms with Crippen molar-refractivity contribution in [2.24, 2.45) is 5.41 Å². The van der Waals surface area contributed by atoms with Gasteiger partial charge in [-0.05, 0) is 31.9 Å². The first kappa shape index (κ1) is 19.4. The molecule has 6 nitrogen and oxygen atoms in total. The van der Waals surface area contributed by atoms with Gasteiger partial charge in [-0.2, -0.15) is 0 Å². The molecule has 2 rings (SSSR count). The van der Waals surface area contributed by atoms with Crippen LogP contribution in [0.2, 0.25) is 5.02 Å². The molecule has 1 aromatic rings. The molecule has 1 unspecified atom stereocenters. The summed E-state index contributed by atoms with van der Waals surface area (Å²) in [4.78, 5) is 25.6. The van der Waals surface area contributed by atoms with Gasteiger partial charge in [0.05, 0.1) is 24.2 Å². The van der Waals surface area contributed by atoms with Gasteiger partial charge in [-0.3, -0.25) is 9.59 Å². The van der Waals surface area contributed by atoms with Crippen LogP contribution in [0.3, 0.4) is 0 Å². The summed E-state index contributed by atoms with van der Waals surface area (Å²) in [5.41, 5.74) is -0.549. The van der Waals surface area contributed by atoms with Crippen molar-refractivity contribution in [2.75, 3.05) is 26.8 Å². The fourth-order valence-corrected chi connectivity index (χ4v) is 3.06. The normalized spacial score (nSPS) is 19.8. The van der Waals surface area contributed by atoms with Crippen molar-refractivity contribution < 1.29 is 24.2 Å². The molecule has 0 saturated carbocycles. The first-order valence-corrected chi connectivity index (χ1v) is 8.73. The van der Waals surface area contributed by atoms with Crippen LogP contribution >= 0.6 is 11.6 Å². The molecule has 1 saturated heterocycles. The summed E-state index contributed by atoms with van der Waals surface area (Å²) in [7, 11) is 1.49. The van der Waals surface area contributed by atoms with Crippen molar-refractivity contribution in [3.05, 3.63) is 22.7 Å². The van der Waals surface area contributed by atoms with Gasteiger partial charge in [0.1, 0.15) is 0 Å². The van der Waals surface area contributed by atoms with Crippen molar-refractivity contribution in [2.45, 2.75) is 33.1 Å². The number of halogens is 1. The number of hydrogen-bond donors (Lipinski definition) is 1. The first-order chi connectivity index (χ1) is 11.8. The first-order valence-electron chi connectivity index (χ1n) is 8.35. The van der Waals surface area contributed by atoms with Gasteiger partial charge in [0.2, 0.25) is 0 Å². The third-order valence-corrected chi connectivity index (χ3v) is 4.78. The molecular weight excluding hydrogens is 346 g/mol. The third kappa shape index (κ3) is 4.18. The maximum atomic E-state index is 12.7. The summed E-state index contributed by atoms with van der Waals surface area (Å²) < 4.78 is 11.0. The minimum atomic E-state index is -0.910. The molecule has 0 spiro atoms. The van der Waals surface area contributed by atoms with Crippen LogP contribution in [-0.2, 0) is 4.79 Å². The van der Waals surface area contributed by atoms with Crippen LogP contribution in [0.5, 0.6) is 11.5 Å². The van der Waals surface area contributed by atoms with Crippen LogP contribution in [-0.4, -0.2) is 48.7 Å². The Labute approximate surface area is 152 Å². The fraction of sp³-hybridized carbons (Fsp3) is 0.556. The molecule has 1 fully saturated rings. The van der Waals surface area contributed by atoms with Crippen molar-refractivity contribution in [1.82, 2.24) is 4.90 Å². The molecule has 1 atom stereocenters. The summed E-state index contributed by atoms with van der Waals surface area (Å²) in [6.07, 6.45) is 2.31. The minimum Gasteiger partial charge on any atom is -0.493 e. The summed E-state index contributed by atoms with van der Waals surface area (Å²) in [5.74, 6) is -0.332. The zero-order chi connectivity index (χ0) is 18.6. The Kier molecular flexibility index (Phi) is 6.16. The largest absolute Gasteiger partial charge is 0.493 e. The average Bonchev–Trinajstić information content (AvgIpc) is 2.99. The topological polar surface area (TPSA) is 76.1 Å². The molecule has 1 amide bonds. The molecule has 1 N–H and O–H groups in total. The lowest BCUT2D eigenvalue weighted by Crippen LogP contribution is -2.34. The second kappa shape index (κ2) is 7.95. The highest BCUT2D eigenvalue weighted by Gasteiger charge is 2.42. The second-order valence-electron chi connectivity index (χ2n) is 6.53. The summed E-state index contributed by atoms with van der Waals surface area (Å²) in [6, 6.07) is 3.13. The monoisotopic (exact) mass is 369 g/mol. The Morgan fingerprint density at radius 3 is 2.68 bits per heavy atom. The molecule has 0 aliphatic carbocycles. The van der Waals surface area contributed by atoms with E-state index >= 15 is 0 Å².